The Balaban J connectivity index is 1.39. The van der Waals surface area contributed by atoms with Gasteiger partial charge in [0.1, 0.15) is 5.82 Å². The molecule has 2 aliphatic rings. The number of rotatable bonds is 5. The number of allylic oxidation sites excluding steroid dienone is 1. The first-order valence-electron chi connectivity index (χ1n) is 10.2. The van der Waals surface area contributed by atoms with E-state index in [4.69, 9.17) is 0 Å². The van der Waals surface area contributed by atoms with Gasteiger partial charge in [-0.3, -0.25) is 0 Å². The average molecular weight is 407 g/mol. The molecule has 3 rings (SSSR count). The monoisotopic (exact) mass is 406 g/mol. The van der Waals surface area contributed by atoms with Crippen molar-refractivity contribution < 1.29 is 4.39 Å². The maximum Gasteiger partial charge on any atom is 0.126 e. The smallest absolute Gasteiger partial charge is 0.126 e. The minimum Gasteiger partial charge on any atom is -0.207 e. The summed E-state index contributed by atoms with van der Waals surface area (Å²) >= 11 is 3.42. The van der Waals surface area contributed by atoms with Crippen LogP contribution in [0.15, 0.2) is 29.3 Å². The molecular weight excluding hydrogens is 375 g/mol. The van der Waals surface area contributed by atoms with Crippen molar-refractivity contribution in [2.75, 3.05) is 0 Å². The highest BCUT2D eigenvalue weighted by molar-refractivity contribution is 9.11. The van der Waals surface area contributed by atoms with Crippen molar-refractivity contribution in [3.8, 4) is 0 Å². The van der Waals surface area contributed by atoms with Crippen molar-refractivity contribution in [1.82, 2.24) is 0 Å². The molecule has 0 unspecified atom stereocenters. The Hall–Kier alpha value is -0.630. The van der Waals surface area contributed by atoms with Crippen LogP contribution < -0.4 is 0 Å². The van der Waals surface area contributed by atoms with E-state index < -0.39 is 0 Å². The summed E-state index contributed by atoms with van der Waals surface area (Å²) in [5, 5.41) is 0. The second-order valence-corrected chi connectivity index (χ2v) is 8.92. The number of benzene rings is 1. The Morgan fingerprint density at radius 2 is 1.64 bits per heavy atom. The highest BCUT2D eigenvalue weighted by Crippen LogP contribution is 2.42. The van der Waals surface area contributed by atoms with Gasteiger partial charge in [-0.05, 0) is 104 Å². The van der Waals surface area contributed by atoms with E-state index in [1.165, 1.54) is 63.4 Å². The lowest BCUT2D eigenvalue weighted by atomic mass is 9.68. The van der Waals surface area contributed by atoms with Crippen molar-refractivity contribution in [2.24, 2.45) is 23.7 Å². The van der Waals surface area contributed by atoms with Crippen LogP contribution in [0, 0.1) is 36.4 Å². The van der Waals surface area contributed by atoms with Gasteiger partial charge in [0, 0.05) is 0 Å². The Bertz CT molecular complexity index is 563. The number of halogens is 2. The van der Waals surface area contributed by atoms with Crippen LogP contribution >= 0.6 is 15.9 Å². The lowest BCUT2D eigenvalue weighted by molar-refractivity contribution is 0.153. The van der Waals surface area contributed by atoms with Gasteiger partial charge in [-0.15, -0.1) is 0 Å². The van der Waals surface area contributed by atoms with Crippen LogP contribution in [-0.2, 0) is 6.42 Å². The third-order valence-corrected chi connectivity index (χ3v) is 7.10. The topological polar surface area (TPSA) is 0 Å². The van der Waals surface area contributed by atoms with Gasteiger partial charge in [0.25, 0.3) is 0 Å². The van der Waals surface area contributed by atoms with E-state index >= 15 is 0 Å². The molecule has 1 aromatic rings. The standard InChI is InChI=1S/C23H32BrF/c1-17-2-3-20(16-23(17)25)5-4-18-6-10-21(11-7-18)22-12-8-19(9-13-22)14-15-24/h2-3,14-16,18-19,21-22H,4-13H2,1H3/b15-14+. The number of hydrogen-bond donors (Lipinski definition) is 0. The first kappa shape index (κ1) is 19.1. The highest BCUT2D eigenvalue weighted by atomic mass is 79.9. The average Bonchev–Trinajstić information content (AvgIpc) is 2.64. The lowest BCUT2D eigenvalue weighted by Crippen LogP contribution is -2.25. The molecule has 138 valence electrons. The first-order chi connectivity index (χ1) is 12.2. The van der Waals surface area contributed by atoms with Gasteiger partial charge < -0.3 is 0 Å². The highest BCUT2D eigenvalue weighted by Gasteiger charge is 2.30. The van der Waals surface area contributed by atoms with E-state index in [-0.39, 0.29) is 5.82 Å². The van der Waals surface area contributed by atoms with Gasteiger partial charge in [0.2, 0.25) is 0 Å². The fourth-order valence-electron chi connectivity index (χ4n) is 5.02. The zero-order valence-corrected chi connectivity index (χ0v) is 17.1. The van der Waals surface area contributed by atoms with Crippen molar-refractivity contribution in [3.05, 3.63) is 46.2 Å². The Morgan fingerprint density at radius 3 is 2.24 bits per heavy atom. The zero-order chi connectivity index (χ0) is 17.6. The molecule has 0 spiro atoms. The molecule has 25 heavy (non-hydrogen) atoms. The predicted molar refractivity (Wildman–Crippen MR) is 108 cm³/mol. The molecule has 0 aromatic heterocycles. The fourth-order valence-corrected chi connectivity index (χ4v) is 5.45. The molecule has 0 atom stereocenters. The van der Waals surface area contributed by atoms with E-state index in [1.807, 2.05) is 18.0 Å². The molecule has 0 amide bonds. The molecule has 0 radical (unpaired) electrons. The molecule has 0 heterocycles. The summed E-state index contributed by atoms with van der Waals surface area (Å²) in [5.74, 6) is 3.57. The Labute approximate surface area is 161 Å². The van der Waals surface area contributed by atoms with Crippen LogP contribution in [0.4, 0.5) is 4.39 Å². The zero-order valence-electron chi connectivity index (χ0n) is 15.5. The van der Waals surface area contributed by atoms with Crippen LogP contribution in [0.1, 0.15) is 68.9 Å². The molecule has 1 aromatic carbocycles. The molecule has 2 fully saturated rings. The molecule has 2 heteroatoms. The quantitative estimate of drug-likeness (QED) is 0.472. The SMILES string of the molecule is Cc1ccc(CCC2CCC(C3CCC(/C=C/Br)CC3)CC2)cc1F. The van der Waals surface area contributed by atoms with Gasteiger partial charge in [-0.1, -0.05) is 47.0 Å². The maximum atomic E-state index is 13.7. The summed E-state index contributed by atoms with van der Waals surface area (Å²) in [6, 6.07) is 5.76. The predicted octanol–water partition coefficient (Wildman–Crippen LogP) is 7.59. The summed E-state index contributed by atoms with van der Waals surface area (Å²) in [6.07, 6.45) is 15.9. The molecule has 0 aliphatic heterocycles. The number of aryl methyl sites for hydroxylation is 2. The summed E-state index contributed by atoms with van der Waals surface area (Å²) in [4.78, 5) is 2.04. The third-order valence-electron chi connectivity index (χ3n) is 6.80. The van der Waals surface area contributed by atoms with Crippen molar-refractivity contribution in [3.63, 3.8) is 0 Å². The normalized spacial score (nSPS) is 30.7. The molecule has 0 N–H and O–H groups in total. The second-order valence-electron chi connectivity index (χ2n) is 8.40. The largest absolute Gasteiger partial charge is 0.207 e. The maximum absolute atomic E-state index is 13.7. The van der Waals surface area contributed by atoms with E-state index in [0.29, 0.717) is 0 Å². The van der Waals surface area contributed by atoms with Crippen LogP contribution in [0.2, 0.25) is 0 Å². The molecule has 2 aliphatic carbocycles. The summed E-state index contributed by atoms with van der Waals surface area (Å²) in [6.45, 7) is 1.84. The minimum atomic E-state index is -0.0495. The first-order valence-corrected chi connectivity index (χ1v) is 11.1. The minimum absolute atomic E-state index is 0.0495. The van der Waals surface area contributed by atoms with E-state index in [9.17, 15) is 4.39 Å². The number of hydrogen-bond acceptors (Lipinski definition) is 0. The molecule has 0 bridgehead atoms. The summed E-state index contributed by atoms with van der Waals surface area (Å²) in [5.41, 5.74) is 1.92. The van der Waals surface area contributed by atoms with Crippen LogP contribution in [-0.4, -0.2) is 0 Å². The third kappa shape index (κ3) is 5.42. The Kier molecular flexibility index (Phi) is 7.16. The molecule has 0 nitrogen and oxygen atoms in total. The van der Waals surface area contributed by atoms with E-state index in [1.54, 1.807) is 6.07 Å². The van der Waals surface area contributed by atoms with Gasteiger partial charge >= 0.3 is 0 Å². The van der Waals surface area contributed by atoms with Crippen LogP contribution in [0.5, 0.6) is 0 Å². The van der Waals surface area contributed by atoms with Crippen molar-refractivity contribution in [2.45, 2.75) is 71.1 Å². The van der Waals surface area contributed by atoms with Crippen LogP contribution in [0.25, 0.3) is 0 Å². The Morgan fingerprint density at radius 1 is 1.00 bits per heavy atom. The summed E-state index contributed by atoms with van der Waals surface area (Å²) in [7, 11) is 0. The van der Waals surface area contributed by atoms with E-state index in [0.717, 1.165) is 35.7 Å². The van der Waals surface area contributed by atoms with Gasteiger partial charge in [0.15, 0.2) is 0 Å². The lowest BCUT2D eigenvalue weighted by Gasteiger charge is -2.37. The van der Waals surface area contributed by atoms with Crippen LogP contribution in [0.3, 0.4) is 0 Å². The fraction of sp³-hybridized carbons (Fsp3) is 0.652. The van der Waals surface area contributed by atoms with Gasteiger partial charge in [-0.25, -0.2) is 4.39 Å². The van der Waals surface area contributed by atoms with E-state index in [2.05, 4.69) is 28.1 Å². The van der Waals surface area contributed by atoms with Gasteiger partial charge in [0.05, 0.1) is 0 Å². The molecule has 2 saturated carbocycles. The van der Waals surface area contributed by atoms with Crippen molar-refractivity contribution >= 4 is 15.9 Å². The summed E-state index contributed by atoms with van der Waals surface area (Å²) < 4.78 is 13.7. The second kappa shape index (κ2) is 9.35. The molecule has 0 saturated heterocycles. The van der Waals surface area contributed by atoms with Gasteiger partial charge in [-0.2, -0.15) is 0 Å². The van der Waals surface area contributed by atoms with Crippen molar-refractivity contribution in [1.29, 1.82) is 0 Å². The molecular formula is C23H32BrF.